The fourth-order valence-corrected chi connectivity index (χ4v) is 3.95. The zero-order chi connectivity index (χ0) is 13.2. The van der Waals surface area contributed by atoms with E-state index in [2.05, 4.69) is 37.8 Å². The van der Waals surface area contributed by atoms with Crippen molar-refractivity contribution in [3.8, 4) is 0 Å². The average Bonchev–Trinajstić information content (AvgIpc) is 2.38. The third-order valence-electron chi connectivity index (χ3n) is 3.78. The Morgan fingerprint density at radius 3 is 2.50 bits per heavy atom. The van der Waals surface area contributed by atoms with E-state index in [4.69, 9.17) is 0 Å². The SMILES string of the molecule is CCCCCCCC(CCC)C1=C(C)NCCS1. The first-order valence-corrected chi connectivity index (χ1v) is 8.85. The van der Waals surface area contributed by atoms with Crippen LogP contribution in [0.25, 0.3) is 0 Å². The van der Waals surface area contributed by atoms with E-state index in [0.717, 1.165) is 12.5 Å². The molecule has 18 heavy (non-hydrogen) atoms. The van der Waals surface area contributed by atoms with Gasteiger partial charge in [0, 0.05) is 22.9 Å². The van der Waals surface area contributed by atoms with Crippen LogP contribution in [0.5, 0.6) is 0 Å². The third kappa shape index (κ3) is 5.69. The summed E-state index contributed by atoms with van der Waals surface area (Å²) in [5.74, 6) is 2.08. The smallest absolute Gasteiger partial charge is 0.0238 e. The molecule has 0 radical (unpaired) electrons. The van der Waals surface area contributed by atoms with Gasteiger partial charge in [-0.15, -0.1) is 11.8 Å². The van der Waals surface area contributed by atoms with Gasteiger partial charge in [0.25, 0.3) is 0 Å². The quantitative estimate of drug-likeness (QED) is 0.568. The predicted octanol–water partition coefficient (Wildman–Crippen LogP) is 5.33. The molecular weight excluding hydrogens is 238 g/mol. The molecule has 1 aliphatic heterocycles. The van der Waals surface area contributed by atoms with Crippen LogP contribution in [0, 0.1) is 5.92 Å². The van der Waals surface area contributed by atoms with Crippen LogP contribution in [0.2, 0.25) is 0 Å². The molecule has 1 nitrogen and oxygen atoms in total. The Morgan fingerprint density at radius 1 is 1.06 bits per heavy atom. The fraction of sp³-hybridized carbons (Fsp3) is 0.875. The van der Waals surface area contributed by atoms with Crippen molar-refractivity contribution in [2.24, 2.45) is 5.92 Å². The van der Waals surface area contributed by atoms with E-state index in [-0.39, 0.29) is 0 Å². The van der Waals surface area contributed by atoms with Gasteiger partial charge in [-0.05, 0) is 25.7 Å². The molecule has 1 atom stereocenters. The summed E-state index contributed by atoms with van der Waals surface area (Å²) in [5, 5.41) is 3.54. The highest BCUT2D eigenvalue weighted by molar-refractivity contribution is 8.03. The summed E-state index contributed by atoms with van der Waals surface area (Å²) < 4.78 is 0. The largest absolute Gasteiger partial charge is 0.387 e. The van der Waals surface area contributed by atoms with Gasteiger partial charge in [0.05, 0.1) is 0 Å². The van der Waals surface area contributed by atoms with Crippen molar-refractivity contribution in [2.75, 3.05) is 12.3 Å². The molecule has 0 aromatic rings. The Hall–Kier alpha value is -0.110. The minimum atomic E-state index is 0.828. The molecule has 2 heteroatoms. The van der Waals surface area contributed by atoms with Crippen LogP contribution in [-0.2, 0) is 0 Å². The first-order chi connectivity index (χ1) is 8.79. The summed E-state index contributed by atoms with van der Waals surface area (Å²) in [7, 11) is 0. The maximum atomic E-state index is 3.54. The lowest BCUT2D eigenvalue weighted by atomic mass is 9.94. The van der Waals surface area contributed by atoms with Crippen molar-refractivity contribution >= 4 is 11.8 Å². The summed E-state index contributed by atoms with van der Waals surface area (Å²) in [6.45, 7) is 8.02. The first kappa shape index (κ1) is 15.9. The van der Waals surface area contributed by atoms with E-state index in [1.165, 1.54) is 62.8 Å². The number of nitrogens with one attached hydrogen (secondary N) is 1. The molecule has 0 bridgehead atoms. The minimum Gasteiger partial charge on any atom is -0.387 e. The second-order valence-electron chi connectivity index (χ2n) is 5.45. The van der Waals surface area contributed by atoms with Crippen molar-refractivity contribution in [1.29, 1.82) is 0 Å². The van der Waals surface area contributed by atoms with Gasteiger partial charge in [-0.25, -0.2) is 0 Å². The molecule has 0 aromatic carbocycles. The topological polar surface area (TPSA) is 12.0 Å². The molecule has 0 aromatic heterocycles. The Labute approximate surface area is 118 Å². The van der Waals surface area contributed by atoms with Crippen LogP contribution in [0.3, 0.4) is 0 Å². The van der Waals surface area contributed by atoms with Crippen molar-refractivity contribution < 1.29 is 0 Å². The molecule has 0 aliphatic carbocycles. The number of allylic oxidation sites excluding steroid dienone is 2. The van der Waals surface area contributed by atoms with Crippen LogP contribution >= 0.6 is 11.8 Å². The van der Waals surface area contributed by atoms with E-state index in [9.17, 15) is 0 Å². The van der Waals surface area contributed by atoms with Crippen molar-refractivity contribution in [3.63, 3.8) is 0 Å². The molecule has 0 fully saturated rings. The first-order valence-electron chi connectivity index (χ1n) is 7.87. The monoisotopic (exact) mass is 269 g/mol. The number of rotatable bonds is 9. The second-order valence-corrected chi connectivity index (χ2v) is 6.59. The van der Waals surface area contributed by atoms with Gasteiger partial charge in [-0.2, -0.15) is 0 Å². The van der Waals surface area contributed by atoms with Crippen LogP contribution < -0.4 is 5.32 Å². The van der Waals surface area contributed by atoms with Crippen LogP contribution in [-0.4, -0.2) is 12.3 Å². The molecular formula is C16H31NS. The molecule has 0 saturated carbocycles. The lowest BCUT2D eigenvalue weighted by Crippen LogP contribution is -2.23. The number of hydrogen-bond acceptors (Lipinski definition) is 2. The number of hydrogen-bond donors (Lipinski definition) is 1. The van der Waals surface area contributed by atoms with Gasteiger partial charge < -0.3 is 5.32 Å². The molecule has 1 rings (SSSR count). The van der Waals surface area contributed by atoms with Crippen LogP contribution in [0.15, 0.2) is 10.6 Å². The van der Waals surface area contributed by atoms with E-state index in [1.54, 1.807) is 4.91 Å². The standard InChI is InChI=1S/C16H31NS/c1-4-6-7-8-9-11-15(10-5-2)16-14(3)17-12-13-18-16/h15,17H,4-13H2,1-3H3. The Morgan fingerprint density at radius 2 is 1.83 bits per heavy atom. The maximum absolute atomic E-state index is 3.54. The molecule has 1 unspecified atom stereocenters. The second kappa shape index (κ2) is 9.77. The molecule has 1 aliphatic rings. The van der Waals surface area contributed by atoms with Gasteiger partial charge in [-0.1, -0.05) is 52.4 Å². The van der Waals surface area contributed by atoms with Gasteiger partial charge >= 0.3 is 0 Å². The molecule has 1 heterocycles. The van der Waals surface area contributed by atoms with Crippen LogP contribution in [0.1, 0.15) is 72.1 Å². The van der Waals surface area contributed by atoms with Crippen molar-refractivity contribution in [3.05, 3.63) is 10.6 Å². The van der Waals surface area contributed by atoms with E-state index < -0.39 is 0 Å². The van der Waals surface area contributed by atoms with Gasteiger partial charge in [0.1, 0.15) is 0 Å². The predicted molar refractivity (Wildman–Crippen MR) is 84.9 cm³/mol. The average molecular weight is 269 g/mol. The van der Waals surface area contributed by atoms with Gasteiger partial charge in [0.2, 0.25) is 0 Å². The van der Waals surface area contributed by atoms with Gasteiger partial charge in [-0.3, -0.25) is 0 Å². The van der Waals surface area contributed by atoms with E-state index in [1.807, 2.05) is 0 Å². The maximum Gasteiger partial charge on any atom is 0.0238 e. The van der Waals surface area contributed by atoms with Crippen LogP contribution in [0.4, 0.5) is 0 Å². The van der Waals surface area contributed by atoms with Crippen molar-refractivity contribution in [1.82, 2.24) is 5.32 Å². The lowest BCUT2D eigenvalue weighted by Gasteiger charge is -2.26. The highest BCUT2D eigenvalue weighted by Gasteiger charge is 2.18. The summed E-state index contributed by atoms with van der Waals surface area (Å²) in [6.07, 6.45) is 11.1. The molecule has 106 valence electrons. The molecule has 1 N–H and O–H groups in total. The Bertz CT molecular complexity index is 247. The summed E-state index contributed by atoms with van der Waals surface area (Å²) in [4.78, 5) is 1.67. The normalized spacial score (nSPS) is 17.7. The molecule has 0 amide bonds. The third-order valence-corrected chi connectivity index (χ3v) is 5.14. The highest BCUT2D eigenvalue weighted by Crippen LogP contribution is 2.35. The van der Waals surface area contributed by atoms with E-state index >= 15 is 0 Å². The summed E-state index contributed by atoms with van der Waals surface area (Å²) in [6, 6.07) is 0. The molecule has 0 spiro atoms. The summed E-state index contributed by atoms with van der Waals surface area (Å²) in [5.41, 5.74) is 1.46. The fourth-order valence-electron chi connectivity index (χ4n) is 2.77. The summed E-state index contributed by atoms with van der Waals surface area (Å²) >= 11 is 2.10. The zero-order valence-corrected chi connectivity index (χ0v) is 13.4. The number of unbranched alkanes of at least 4 members (excludes halogenated alkanes) is 4. The zero-order valence-electron chi connectivity index (χ0n) is 12.6. The van der Waals surface area contributed by atoms with Gasteiger partial charge in [0.15, 0.2) is 0 Å². The van der Waals surface area contributed by atoms with Crippen molar-refractivity contribution in [2.45, 2.75) is 72.1 Å². The Balaban J connectivity index is 2.38. The minimum absolute atomic E-state index is 0.828. The highest BCUT2D eigenvalue weighted by atomic mass is 32.2. The molecule has 0 saturated heterocycles. The Kier molecular flexibility index (Phi) is 8.66. The lowest BCUT2D eigenvalue weighted by molar-refractivity contribution is 0.481. The van der Waals surface area contributed by atoms with E-state index in [0.29, 0.717) is 0 Å². The number of thioether (sulfide) groups is 1.